The van der Waals surface area contributed by atoms with Gasteiger partial charge in [0.05, 0.1) is 66.4 Å². The number of aromatic nitrogens is 1. The van der Waals surface area contributed by atoms with E-state index in [0.717, 1.165) is 52.1 Å². The normalized spacial score (nSPS) is 16.6. The number of nitriles is 1. The van der Waals surface area contributed by atoms with Crippen LogP contribution in [0.2, 0.25) is 0 Å². The largest absolute Gasteiger partial charge is 0.493 e. The highest BCUT2D eigenvalue weighted by molar-refractivity contribution is 6.01. The van der Waals surface area contributed by atoms with E-state index < -0.39 is 0 Å². The molecule has 230 valence electrons. The van der Waals surface area contributed by atoms with Crippen LogP contribution in [0.15, 0.2) is 30.5 Å². The molecule has 2 fully saturated rings. The van der Waals surface area contributed by atoms with E-state index in [1.54, 1.807) is 13.3 Å². The second-order valence-electron chi connectivity index (χ2n) is 10.6. The van der Waals surface area contributed by atoms with Crippen LogP contribution in [0.4, 0.5) is 11.4 Å². The van der Waals surface area contributed by atoms with E-state index in [2.05, 4.69) is 33.1 Å². The molecule has 0 spiro atoms. The smallest absolute Gasteiger partial charge is 0.231 e. The molecule has 0 aliphatic carbocycles. The van der Waals surface area contributed by atoms with Crippen molar-refractivity contribution < 1.29 is 33.2 Å². The third-order valence-corrected chi connectivity index (χ3v) is 7.70. The third-order valence-electron chi connectivity index (χ3n) is 7.70. The summed E-state index contributed by atoms with van der Waals surface area (Å²) in [7, 11) is 1.60. The summed E-state index contributed by atoms with van der Waals surface area (Å²) in [6.07, 6.45) is 3.95. The summed E-state index contributed by atoms with van der Waals surface area (Å²) in [5.41, 5.74) is 2.91. The summed E-state index contributed by atoms with van der Waals surface area (Å²) in [6, 6.07) is 9.80. The first-order valence-electron chi connectivity index (χ1n) is 14.9. The third kappa shape index (κ3) is 6.93. The molecule has 11 heteroatoms. The number of pyridine rings is 1. The lowest BCUT2D eigenvalue weighted by Crippen LogP contribution is -2.37. The fourth-order valence-electron chi connectivity index (χ4n) is 5.46. The van der Waals surface area contributed by atoms with E-state index in [1.165, 1.54) is 0 Å². The molecule has 2 saturated heterocycles. The Hall–Kier alpha value is -4.26. The molecule has 0 unspecified atom stereocenters. The average Bonchev–Trinajstić information content (AvgIpc) is 3.56. The van der Waals surface area contributed by atoms with Gasteiger partial charge in [0.25, 0.3) is 0 Å². The first-order valence-corrected chi connectivity index (χ1v) is 14.9. The Labute approximate surface area is 256 Å². The number of benzene rings is 2. The minimum atomic E-state index is -0.0342. The minimum absolute atomic E-state index is 0.0342. The maximum absolute atomic E-state index is 10.1. The zero-order valence-corrected chi connectivity index (χ0v) is 24.9. The molecule has 0 saturated carbocycles. The molecule has 44 heavy (non-hydrogen) atoms. The number of methoxy groups -OCH3 is 1. The Kier molecular flexibility index (Phi) is 9.80. The van der Waals surface area contributed by atoms with Crippen LogP contribution in [0.5, 0.6) is 23.0 Å². The maximum atomic E-state index is 10.1. The lowest BCUT2D eigenvalue weighted by atomic mass is 10.1. The molecular formula is C33H36N4O7. The number of hydrogen-bond donors (Lipinski definition) is 1. The highest BCUT2D eigenvalue weighted by atomic mass is 16.7. The first kappa shape index (κ1) is 29.8. The van der Waals surface area contributed by atoms with Gasteiger partial charge in [-0.15, -0.1) is 0 Å². The summed E-state index contributed by atoms with van der Waals surface area (Å²) in [6.45, 7) is 6.61. The van der Waals surface area contributed by atoms with Crippen LogP contribution in [-0.2, 0) is 14.2 Å². The zero-order valence-electron chi connectivity index (χ0n) is 24.9. The van der Waals surface area contributed by atoms with Crippen molar-refractivity contribution in [3.05, 3.63) is 41.6 Å². The van der Waals surface area contributed by atoms with Crippen molar-refractivity contribution in [2.75, 3.05) is 78.5 Å². The van der Waals surface area contributed by atoms with Gasteiger partial charge in [-0.3, -0.25) is 9.88 Å². The molecule has 0 bridgehead atoms. The fraction of sp³-hybridized carbons (Fsp3) is 0.455. The van der Waals surface area contributed by atoms with Crippen molar-refractivity contribution in [1.29, 1.82) is 5.26 Å². The van der Waals surface area contributed by atoms with Gasteiger partial charge in [-0.2, -0.15) is 5.26 Å². The Morgan fingerprint density at radius 3 is 2.68 bits per heavy atom. The van der Waals surface area contributed by atoms with Gasteiger partial charge < -0.3 is 38.5 Å². The number of morpholine rings is 1. The van der Waals surface area contributed by atoms with Crippen LogP contribution in [0, 0.1) is 23.2 Å². The predicted octanol–water partition coefficient (Wildman–Crippen LogP) is 4.24. The van der Waals surface area contributed by atoms with Crippen molar-refractivity contribution in [2.24, 2.45) is 0 Å². The Balaban J connectivity index is 1.32. The SMILES string of the molecule is COCC#Cc1ccc(Nc2c(C#N)cnc3cc(OCCCN4CCOCC4)cc(OC4CCOCC4)c23)c2c1OCO2. The standard InChI is InChI=1S/C33H36N4O7/c1-38-12-2-4-23-5-6-27(33-32(23)42-22-43-33)36-31-24(20-34)21-35-28-18-26(41-13-3-9-37-10-16-40-17-11-37)19-29(30(28)31)44-25-7-14-39-15-8-25/h5-6,18-19,21,25H,3,7-17,22H2,1H3,(H,35,36). The van der Waals surface area contributed by atoms with Gasteiger partial charge >= 0.3 is 0 Å². The van der Waals surface area contributed by atoms with Gasteiger partial charge in [-0.25, -0.2) is 0 Å². The van der Waals surface area contributed by atoms with Gasteiger partial charge in [-0.05, 0) is 18.6 Å². The minimum Gasteiger partial charge on any atom is -0.493 e. The molecule has 0 atom stereocenters. The molecule has 1 aromatic heterocycles. The van der Waals surface area contributed by atoms with Crippen LogP contribution >= 0.6 is 0 Å². The van der Waals surface area contributed by atoms with Crippen molar-refractivity contribution in [3.63, 3.8) is 0 Å². The first-order chi connectivity index (χ1) is 21.7. The Morgan fingerprint density at radius 1 is 1.05 bits per heavy atom. The Morgan fingerprint density at radius 2 is 1.86 bits per heavy atom. The number of nitrogens with one attached hydrogen (secondary N) is 1. The van der Waals surface area contributed by atoms with E-state index in [9.17, 15) is 5.26 Å². The van der Waals surface area contributed by atoms with E-state index in [-0.39, 0.29) is 12.9 Å². The molecule has 0 amide bonds. The number of ether oxygens (including phenoxy) is 7. The highest BCUT2D eigenvalue weighted by Crippen LogP contribution is 2.45. The summed E-state index contributed by atoms with van der Waals surface area (Å²) in [5, 5.41) is 14.3. The maximum Gasteiger partial charge on any atom is 0.231 e. The van der Waals surface area contributed by atoms with Crippen molar-refractivity contribution >= 4 is 22.3 Å². The Bertz CT molecular complexity index is 1570. The van der Waals surface area contributed by atoms with Crippen LogP contribution in [-0.4, -0.2) is 89.2 Å². The molecule has 1 N–H and O–H groups in total. The molecule has 11 nitrogen and oxygen atoms in total. The second kappa shape index (κ2) is 14.5. The van der Waals surface area contributed by atoms with E-state index in [4.69, 9.17) is 33.2 Å². The van der Waals surface area contributed by atoms with Crippen LogP contribution in [0.3, 0.4) is 0 Å². The van der Waals surface area contributed by atoms with Gasteiger partial charge in [0.1, 0.15) is 30.3 Å². The van der Waals surface area contributed by atoms with Crippen molar-refractivity contribution in [3.8, 4) is 40.9 Å². The molecule has 3 aliphatic rings. The topological polar surface area (TPSA) is 117 Å². The van der Waals surface area contributed by atoms with Crippen molar-refractivity contribution in [1.82, 2.24) is 9.88 Å². The molecule has 6 rings (SSSR count). The summed E-state index contributed by atoms with van der Waals surface area (Å²) >= 11 is 0. The zero-order chi connectivity index (χ0) is 30.1. The molecule has 2 aromatic carbocycles. The van der Waals surface area contributed by atoms with Gasteiger partial charge in [0.2, 0.25) is 6.79 Å². The van der Waals surface area contributed by atoms with Gasteiger partial charge in [0, 0.05) is 57.9 Å². The lowest BCUT2D eigenvalue weighted by molar-refractivity contribution is 0.0261. The van der Waals surface area contributed by atoms with Crippen LogP contribution < -0.4 is 24.3 Å². The fourth-order valence-corrected chi connectivity index (χ4v) is 5.46. The molecule has 0 radical (unpaired) electrons. The van der Waals surface area contributed by atoms with Crippen LogP contribution in [0.1, 0.15) is 30.4 Å². The monoisotopic (exact) mass is 600 g/mol. The average molecular weight is 601 g/mol. The highest BCUT2D eigenvalue weighted by Gasteiger charge is 2.25. The number of rotatable bonds is 10. The summed E-state index contributed by atoms with van der Waals surface area (Å²) in [4.78, 5) is 7.03. The van der Waals surface area contributed by atoms with Crippen molar-refractivity contribution in [2.45, 2.75) is 25.4 Å². The number of hydrogen-bond acceptors (Lipinski definition) is 11. The lowest BCUT2D eigenvalue weighted by Gasteiger charge is -2.26. The molecule has 3 aromatic rings. The predicted molar refractivity (Wildman–Crippen MR) is 163 cm³/mol. The number of nitrogens with zero attached hydrogens (tertiary/aromatic N) is 3. The summed E-state index contributed by atoms with van der Waals surface area (Å²) in [5.74, 6) is 8.35. The number of anilines is 2. The molecule has 4 heterocycles. The van der Waals surface area contributed by atoms with Gasteiger partial charge in [0.15, 0.2) is 11.5 Å². The number of fused-ring (bicyclic) bond motifs is 2. The molecule has 3 aliphatic heterocycles. The van der Waals surface area contributed by atoms with E-state index in [0.29, 0.717) is 82.8 Å². The van der Waals surface area contributed by atoms with Gasteiger partial charge in [-0.1, -0.05) is 11.8 Å². The van der Waals surface area contributed by atoms with E-state index in [1.807, 2.05) is 24.3 Å². The second-order valence-corrected chi connectivity index (χ2v) is 10.6. The van der Waals surface area contributed by atoms with E-state index >= 15 is 0 Å². The van der Waals surface area contributed by atoms with Crippen LogP contribution in [0.25, 0.3) is 10.9 Å². The molecular weight excluding hydrogens is 564 g/mol. The summed E-state index contributed by atoms with van der Waals surface area (Å²) < 4.78 is 40.5. The quantitative estimate of drug-likeness (QED) is 0.266.